The fourth-order valence-corrected chi connectivity index (χ4v) is 4.42. The highest BCUT2D eigenvalue weighted by molar-refractivity contribution is 9.10. The van der Waals surface area contributed by atoms with Gasteiger partial charge in [0.1, 0.15) is 0 Å². The molecule has 5 aromatic rings. The molecule has 0 atom stereocenters. The molecule has 0 amide bonds. The van der Waals surface area contributed by atoms with Crippen molar-refractivity contribution in [3.05, 3.63) is 106 Å². The van der Waals surface area contributed by atoms with E-state index in [9.17, 15) is 0 Å². The Balaban J connectivity index is 1.91. The van der Waals surface area contributed by atoms with Crippen LogP contribution in [0.25, 0.3) is 43.8 Å². The van der Waals surface area contributed by atoms with Crippen molar-refractivity contribution in [2.24, 2.45) is 0 Å². The predicted octanol–water partition coefficient (Wildman–Crippen LogP) is 8.85. The summed E-state index contributed by atoms with van der Waals surface area (Å²) in [7, 11) is 0. The van der Waals surface area contributed by atoms with E-state index in [1.165, 1.54) is 43.8 Å². The third kappa shape index (κ3) is 3.07. The molecule has 134 valence electrons. The standard InChI is InChI=1S/C26H16Br2/c27-21-13-9-17(10-14-21)23-5-1-3-19-7-8-20-4-2-6-24(26(20)25(19)23)18-11-15-22(28)16-12-18/h1-16H. The fourth-order valence-electron chi connectivity index (χ4n) is 3.90. The maximum absolute atomic E-state index is 3.55. The number of halogens is 2. The summed E-state index contributed by atoms with van der Waals surface area (Å²) in [6.45, 7) is 0. The normalized spacial score (nSPS) is 11.2. The molecule has 0 nitrogen and oxygen atoms in total. The monoisotopic (exact) mass is 486 g/mol. The summed E-state index contributed by atoms with van der Waals surface area (Å²) in [5, 5.41) is 5.14. The summed E-state index contributed by atoms with van der Waals surface area (Å²) < 4.78 is 2.19. The molecular formula is C26H16Br2. The first-order valence-corrected chi connectivity index (χ1v) is 10.8. The van der Waals surface area contributed by atoms with Gasteiger partial charge in [-0.25, -0.2) is 0 Å². The van der Waals surface area contributed by atoms with E-state index in [1.54, 1.807) is 0 Å². The molecule has 0 unspecified atom stereocenters. The summed E-state index contributed by atoms with van der Waals surface area (Å²) in [4.78, 5) is 0. The molecule has 0 fully saturated rings. The Morgan fingerprint density at radius 2 is 0.786 bits per heavy atom. The van der Waals surface area contributed by atoms with E-state index >= 15 is 0 Å². The molecule has 0 aromatic heterocycles. The molecule has 0 spiro atoms. The SMILES string of the molecule is Brc1ccc(-c2cccc3ccc4cccc(-c5ccc(Br)cc5)c4c23)cc1. The number of hydrogen-bond donors (Lipinski definition) is 0. The van der Waals surface area contributed by atoms with Gasteiger partial charge in [-0.3, -0.25) is 0 Å². The second-order valence-electron chi connectivity index (χ2n) is 6.89. The van der Waals surface area contributed by atoms with Crippen molar-refractivity contribution in [3.63, 3.8) is 0 Å². The summed E-state index contributed by atoms with van der Waals surface area (Å²) >= 11 is 7.10. The number of hydrogen-bond acceptors (Lipinski definition) is 0. The molecular weight excluding hydrogens is 472 g/mol. The number of rotatable bonds is 2. The van der Waals surface area contributed by atoms with E-state index in [0.29, 0.717) is 0 Å². The molecule has 0 heterocycles. The van der Waals surface area contributed by atoms with E-state index in [1.807, 2.05) is 0 Å². The fraction of sp³-hybridized carbons (Fsp3) is 0. The highest BCUT2D eigenvalue weighted by Crippen LogP contribution is 2.39. The van der Waals surface area contributed by atoms with E-state index < -0.39 is 0 Å². The predicted molar refractivity (Wildman–Crippen MR) is 128 cm³/mol. The van der Waals surface area contributed by atoms with E-state index in [0.717, 1.165) is 8.95 Å². The molecule has 0 saturated heterocycles. The van der Waals surface area contributed by atoms with Crippen LogP contribution in [0.5, 0.6) is 0 Å². The molecule has 0 aliphatic rings. The largest absolute Gasteiger partial charge is 0.0610 e. The van der Waals surface area contributed by atoms with E-state index in [-0.39, 0.29) is 0 Å². The van der Waals surface area contributed by atoms with Gasteiger partial charge in [-0.05, 0) is 68.1 Å². The first-order chi connectivity index (χ1) is 13.7. The van der Waals surface area contributed by atoms with E-state index in [2.05, 4.69) is 129 Å². The second kappa shape index (κ2) is 7.20. The van der Waals surface area contributed by atoms with Crippen molar-refractivity contribution in [2.75, 3.05) is 0 Å². The molecule has 5 aromatic carbocycles. The lowest BCUT2D eigenvalue weighted by Crippen LogP contribution is -1.87. The summed E-state index contributed by atoms with van der Waals surface area (Å²) in [6, 6.07) is 34.8. The van der Waals surface area contributed by atoms with E-state index in [4.69, 9.17) is 0 Å². The van der Waals surface area contributed by atoms with Crippen LogP contribution >= 0.6 is 31.9 Å². The molecule has 0 radical (unpaired) electrons. The van der Waals surface area contributed by atoms with Gasteiger partial charge < -0.3 is 0 Å². The van der Waals surface area contributed by atoms with Gasteiger partial charge in [0.05, 0.1) is 0 Å². The highest BCUT2D eigenvalue weighted by Gasteiger charge is 2.12. The van der Waals surface area contributed by atoms with Crippen molar-refractivity contribution >= 4 is 53.4 Å². The molecule has 2 heteroatoms. The zero-order valence-electron chi connectivity index (χ0n) is 15.0. The Morgan fingerprint density at radius 1 is 0.393 bits per heavy atom. The smallest absolute Gasteiger partial charge is 0.0175 e. The number of fused-ring (bicyclic) bond motifs is 3. The van der Waals surface area contributed by atoms with Crippen molar-refractivity contribution in [3.8, 4) is 22.3 Å². The average molecular weight is 488 g/mol. The molecule has 5 rings (SSSR count). The van der Waals surface area contributed by atoms with Crippen LogP contribution in [0.4, 0.5) is 0 Å². The maximum atomic E-state index is 3.55. The number of benzene rings is 5. The van der Waals surface area contributed by atoms with Crippen LogP contribution in [-0.4, -0.2) is 0 Å². The molecule has 28 heavy (non-hydrogen) atoms. The summed E-state index contributed by atoms with van der Waals surface area (Å²) in [5.41, 5.74) is 4.99. The van der Waals surface area contributed by atoms with Crippen LogP contribution in [0, 0.1) is 0 Å². The Labute approximate surface area is 181 Å². The van der Waals surface area contributed by atoms with Crippen molar-refractivity contribution < 1.29 is 0 Å². The first-order valence-electron chi connectivity index (χ1n) is 9.17. The van der Waals surface area contributed by atoms with Crippen LogP contribution < -0.4 is 0 Å². The minimum atomic E-state index is 1.09. The molecule has 0 N–H and O–H groups in total. The lowest BCUT2D eigenvalue weighted by Gasteiger charge is -2.14. The molecule has 0 bridgehead atoms. The summed E-state index contributed by atoms with van der Waals surface area (Å²) in [6.07, 6.45) is 0. The summed E-state index contributed by atoms with van der Waals surface area (Å²) in [5.74, 6) is 0. The topological polar surface area (TPSA) is 0 Å². The van der Waals surface area contributed by atoms with Gasteiger partial charge in [0.25, 0.3) is 0 Å². The Morgan fingerprint density at radius 3 is 1.18 bits per heavy atom. The minimum absolute atomic E-state index is 1.09. The third-order valence-electron chi connectivity index (χ3n) is 5.20. The average Bonchev–Trinajstić information content (AvgIpc) is 2.74. The van der Waals surface area contributed by atoms with Gasteiger partial charge >= 0.3 is 0 Å². The van der Waals surface area contributed by atoms with Crippen LogP contribution in [0.3, 0.4) is 0 Å². The zero-order valence-corrected chi connectivity index (χ0v) is 18.2. The lowest BCUT2D eigenvalue weighted by atomic mass is 9.89. The second-order valence-corrected chi connectivity index (χ2v) is 8.72. The molecule has 0 aliphatic heterocycles. The maximum Gasteiger partial charge on any atom is 0.0175 e. The van der Waals surface area contributed by atoms with Gasteiger partial charge in [0.15, 0.2) is 0 Å². The Bertz CT molecular complexity index is 1200. The lowest BCUT2D eigenvalue weighted by molar-refractivity contribution is 1.61. The van der Waals surface area contributed by atoms with Gasteiger partial charge in [-0.2, -0.15) is 0 Å². The Hall–Kier alpha value is -2.42. The van der Waals surface area contributed by atoms with Crippen LogP contribution in [0.1, 0.15) is 0 Å². The van der Waals surface area contributed by atoms with Crippen LogP contribution in [-0.2, 0) is 0 Å². The first kappa shape index (κ1) is 17.7. The third-order valence-corrected chi connectivity index (χ3v) is 6.25. The highest BCUT2D eigenvalue weighted by atomic mass is 79.9. The molecule has 0 aliphatic carbocycles. The zero-order chi connectivity index (χ0) is 19.1. The van der Waals surface area contributed by atoms with Crippen molar-refractivity contribution in [1.29, 1.82) is 0 Å². The van der Waals surface area contributed by atoms with Gasteiger partial charge in [-0.15, -0.1) is 0 Å². The van der Waals surface area contributed by atoms with Gasteiger partial charge in [0, 0.05) is 8.95 Å². The van der Waals surface area contributed by atoms with Crippen molar-refractivity contribution in [2.45, 2.75) is 0 Å². The van der Waals surface area contributed by atoms with Gasteiger partial charge in [-0.1, -0.05) is 105 Å². The van der Waals surface area contributed by atoms with Gasteiger partial charge in [0.2, 0.25) is 0 Å². The quantitative estimate of drug-likeness (QED) is 0.218. The molecule has 0 saturated carbocycles. The Kier molecular flexibility index (Phi) is 4.54. The van der Waals surface area contributed by atoms with Crippen molar-refractivity contribution in [1.82, 2.24) is 0 Å². The minimum Gasteiger partial charge on any atom is -0.0610 e. The van der Waals surface area contributed by atoms with Crippen LogP contribution in [0.2, 0.25) is 0 Å². The van der Waals surface area contributed by atoms with Crippen LogP contribution in [0.15, 0.2) is 106 Å².